The van der Waals surface area contributed by atoms with Crippen molar-refractivity contribution in [2.45, 2.75) is 94.1 Å². The summed E-state index contributed by atoms with van der Waals surface area (Å²) in [4.78, 5) is 49.1. The molecule has 2 heterocycles. The number of carboxylic acid groups (broad SMARTS) is 3. The largest absolute Gasteiger partial charge is 0.479 e. The maximum absolute atomic E-state index is 12.6. The van der Waals surface area contributed by atoms with Crippen molar-refractivity contribution in [2.24, 2.45) is 5.92 Å². The molecule has 38 heavy (non-hydrogen) atoms. The number of hydrogen-bond acceptors (Lipinski definition) is 9. The SMILES string of the molecule is CCCC(=O)O[C@@H]1[C@@H](O)[C@]2(CCCCC(C)Cc3ccccc3)O[C@H](C(=O)O)[C@@](O)(C(=O)O)[C@@]1(C(=O)O)O2. The zero-order valence-electron chi connectivity index (χ0n) is 21.2. The molecule has 2 aliphatic heterocycles. The lowest BCUT2D eigenvalue weighted by atomic mass is 9.74. The van der Waals surface area contributed by atoms with Gasteiger partial charge in [0, 0.05) is 12.8 Å². The van der Waals surface area contributed by atoms with Crippen LogP contribution in [-0.4, -0.2) is 84.7 Å². The summed E-state index contributed by atoms with van der Waals surface area (Å²) in [5, 5.41) is 52.0. The number of unbranched alkanes of at least 4 members (excludes halogenated alkanes) is 1. The van der Waals surface area contributed by atoms with Crippen LogP contribution < -0.4 is 0 Å². The average Bonchev–Trinajstić information content (AvgIpc) is 3.06. The average molecular weight is 539 g/mol. The summed E-state index contributed by atoms with van der Waals surface area (Å²) >= 11 is 0. The molecule has 3 rings (SSSR count). The Morgan fingerprint density at radius 3 is 2.26 bits per heavy atom. The van der Waals surface area contributed by atoms with Crippen molar-refractivity contribution in [3.05, 3.63) is 35.9 Å². The highest BCUT2D eigenvalue weighted by Gasteiger charge is 2.85. The summed E-state index contributed by atoms with van der Waals surface area (Å²) in [5.41, 5.74) is -5.94. The molecule has 2 saturated heterocycles. The molecule has 1 aromatic carbocycles. The molecule has 0 amide bonds. The zero-order chi connectivity index (χ0) is 28.3. The number of aliphatic hydroxyl groups is 2. The van der Waals surface area contributed by atoms with E-state index >= 15 is 0 Å². The predicted octanol–water partition coefficient (Wildman–Crippen LogP) is 1.35. The molecule has 2 bridgehead atoms. The van der Waals surface area contributed by atoms with Crippen LogP contribution in [0.15, 0.2) is 30.3 Å². The standard InChI is InChI=1S/C26H34O12/c1-3-9-17(27)36-19-18(28)24(13-8-7-10-15(2)14-16-11-5-4-6-12-16)37-20(21(29)30)25(35,22(31)32)26(19,38-24)23(33)34/h4-6,11-12,15,18-20,28,35H,3,7-10,13-14H2,1-2H3,(H,29,30)(H,31,32)(H,33,34)/t15?,18-,19-,20-,24-,25-,26-/m1/s1. The molecule has 7 atom stereocenters. The number of benzene rings is 1. The Morgan fingerprint density at radius 2 is 1.71 bits per heavy atom. The third-order valence-corrected chi connectivity index (χ3v) is 7.21. The van der Waals surface area contributed by atoms with Gasteiger partial charge in [0.05, 0.1) is 0 Å². The van der Waals surface area contributed by atoms with Gasteiger partial charge in [-0.1, -0.05) is 57.0 Å². The van der Waals surface area contributed by atoms with Crippen LogP contribution in [0.4, 0.5) is 0 Å². The van der Waals surface area contributed by atoms with Crippen LogP contribution >= 0.6 is 0 Å². The Balaban J connectivity index is 1.89. The molecule has 5 N–H and O–H groups in total. The molecule has 12 heteroatoms. The lowest BCUT2D eigenvalue weighted by molar-refractivity contribution is -0.374. The molecule has 0 saturated carbocycles. The van der Waals surface area contributed by atoms with E-state index in [0.717, 1.165) is 18.4 Å². The van der Waals surface area contributed by atoms with Crippen molar-refractivity contribution in [2.75, 3.05) is 0 Å². The normalized spacial score (nSPS) is 32.9. The van der Waals surface area contributed by atoms with Gasteiger partial charge >= 0.3 is 23.9 Å². The maximum atomic E-state index is 12.6. The molecule has 1 aromatic rings. The second-order valence-corrected chi connectivity index (χ2v) is 10.0. The Bertz CT molecular complexity index is 1040. The Hall–Kier alpha value is -3.06. The molecular weight excluding hydrogens is 504 g/mol. The van der Waals surface area contributed by atoms with E-state index < -0.39 is 59.2 Å². The monoisotopic (exact) mass is 538 g/mol. The van der Waals surface area contributed by atoms with Gasteiger partial charge < -0.3 is 39.7 Å². The first-order chi connectivity index (χ1) is 17.9. The number of fused-ring (bicyclic) bond motifs is 2. The van der Waals surface area contributed by atoms with Crippen LogP contribution in [-0.2, 0) is 39.8 Å². The molecule has 12 nitrogen and oxygen atoms in total. The Kier molecular flexibility index (Phi) is 8.82. The number of carbonyl (C=O) groups excluding carboxylic acids is 1. The van der Waals surface area contributed by atoms with E-state index in [-0.39, 0.29) is 31.6 Å². The van der Waals surface area contributed by atoms with Crippen LogP contribution in [0.25, 0.3) is 0 Å². The molecule has 0 aliphatic carbocycles. The molecule has 0 radical (unpaired) electrons. The number of aliphatic carboxylic acids is 3. The summed E-state index contributed by atoms with van der Waals surface area (Å²) < 4.78 is 16.1. The van der Waals surface area contributed by atoms with Crippen LogP contribution in [0, 0.1) is 5.92 Å². The van der Waals surface area contributed by atoms with Crippen molar-refractivity contribution in [1.82, 2.24) is 0 Å². The number of rotatable bonds is 13. The van der Waals surface area contributed by atoms with Crippen LogP contribution in [0.3, 0.4) is 0 Å². The van der Waals surface area contributed by atoms with Gasteiger partial charge in [0.1, 0.15) is 6.10 Å². The fourth-order valence-corrected chi connectivity index (χ4v) is 5.33. The molecule has 1 unspecified atom stereocenters. The summed E-state index contributed by atoms with van der Waals surface area (Å²) in [6.07, 6.45) is -4.83. The third kappa shape index (κ3) is 5.00. The second-order valence-electron chi connectivity index (χ2n) is 10.0. The van der Waals surface area contributed by atoms with Crippen molar-refractivity contribution in [3.63, 3.8) is 0 Å². The Morgan fingerprint density at radius 1 is 1.05 bits per heavy atom. The minimum Gasteiger partial charge on any atom is -0.479 e. The van der Waals surface area contributed by atoms with Gasteiger partial charge in [0.25, 0.3) is 0 Å². The first kappa shape index (κ1) is 29.5. The fraction of sp³-hybridized carbons (Fsp3) is 0.615. The first-order valence-corrected chi connectivity index (χ1v) is 12.6. The minimum atomic E-state index is -3.74. The van der Waals surface area contributed by atoms with Crippen molar-refractivity contribution in [3.8, 4) is 0 Å². The molecule has 2 aliphatic rings. The van der Waals surface area contributed by atoms with E-state index in [1.54, 1.807) is 6.92 Å². The fourth-order valence-electron chi connectivity index (χ4n) is 5.33. The lowest BCUT2D eigenvalue weighted by Gasteiger charge is -2.48. The van der Waals surface area contributed by atoms with Crippen LogP contribution in [0.5, 0.6) is 0 Å². The highest BCUT2D eigenvalue weighted by atomic mass is 16.8. The molecule has 2 fully saturated rings. The van der Waals surface area contributed by atoms with Crippen molar-refractivity contribution >= 4 is 23.9 Å². The third-order valence-electron chi connectivity index (χ3n) is 7.21. The topological polar surface area (TPSA) is 197 Å². The van der Waals surface area contributed by atoms with Crippen LogP contribution in [0.2, 0.25) is 0 Å². The summed E-state index contributed by atoms with van der Waals surface area (Å²) in [6.45, 7) is 3.68. The van der Waals surface area contributed by atoms with E-state index in [4.69, 9.17) is 14.2 Å². The quantitative estimate of drug-likeness (QED) is 0.179. The number of carboxylic acids is 3. The van der Waals surface area contributed by atoms with E-state index in [9.17, 15) is 44.7 Å². The summed E-state index contributed by atoms with van der Waals surface area (Å²) in [7, 11) is 0. The number of ether oxygens (including phenoxy) is 3. The lowest BCUT2D eigenvalue weighted by Crippen LogP contribution is -2.78. The molecule has 210 valence electrons. The van der Waals surface area contributed by atoms with Gasteiger partial charge in [0.2, 0.25) is 23.1 Å². The summed E-state index contributed by atoms with van der Waals surface area (Å²) in [5.74, 6) is -9.48. The number of aliphatic hydroxyl groups excluding tert-OH is 1. The van der Waals surface area contributed by atoms with Crippen LogP contribution in [0.1, 0.15) is 57.9 Å². The maximum Gasteiger partial charge on any atom is 0.344 e. The number of esters is 1. The van der Waals surface area contributed by atoms with E-state index in [1.807, 2.05) is 30.3 Å². The highest BCUT2D eigenvalue weighted by Crippen LogP contribution is 2.55. The van der Waals surface area contributed by atoms with Gasteiger partial charge in [0.15, 0.2) is 6.10 Å². The van der Waals surface area contributed by atoms with Gasteiger partial charge in [-0.2, -0.15) is 0 Å². The number of hydrogen-bond donors (Lipinski definition) is 5. The van der Waals surface area contributed by atoms with Gasteiger partial charge in [-0.05, 0) is 30.7 Å². The second kappa shape index (κ2) is 11.4. The Labute approximate surface area is 219 Å². The first-order valence-electron chi connectivity index (χ1n) is 12.6. The highest BCUT2D eigenvalue weighted by molar-refractivity contribution is 5.98. The number of carbonyl (C=O) groups is 4. The smallest absolute Gasteiger partial charge is 0.344 e. The van der Waals surface area contributed by atoms with E-state index in [2.05, 4.69) is 6.92 Å². The van der Waals surface area contributed by atoms with Gasteiger partial charge in [-0.25, -0.2) is 14.4 Å². The summed E-state index contributed by atoms with van der Waals surface area (Å²) in [6, 6.07) is 9.82. The zero-order valence-corrected chi connectivity index (χ0v) is 21.2. The van der Waals surface area contributed by atoms with Crippen molar-refractivity contribution < 1.29 is 58.9 Å². The van der Waals surface area contributed by atoms with Gasteiger partial charge in [-0.15, -0.1) is 0 Å². The predicted molar refractivity (Wildman–Crippen MR) is 128 cm³/mol. The van der Waals surface area contributed by atoms with Crippen molar-refractivity contribution in [1.29, 1.82) is 0 Å². The van der Waals surface area contributed by atoms with E-state index in [1.165, 1.54) is 0 Å². The molecule has 0 aromatic heterocycles. The molecule has 0 spiro atoms. The van der Waals surface area contributed by atoms with E-state index in [0.29, 0.717) is 6.42 Å². The minimum absolute atomic E-state index is 0.208. The van der Waals surface area contributed by atoms with Gasteiger partial charge in [-0.3, -0.25) is 4.79 Å². The molecular formula is C26H34O12.